The van der Waals surface area contributed by atoms with Crippen LogP contribution >= 0.6 is 23.4 Å². The first-order chi connectivity index (χ1) is 10.6. The number of amides is 1. The quantitative estimate of drug-likeness (QED) is 0.817. The van der Waals surface area contributed by atoms with Crippen LogP contribution in [0.4, 0.5) is 5.69 Å². The van der Waals surface area contributed by atoms with Crippen molar-refractivity contribution in [1.29, 1.82) is 0 Å². The molecule has 0 unspecified atom stereocenters. The van der Waals surface area contributed by atoms with Crippen molar-refractivity contribution in [2.45, 2.75) is 5.03 Å². The zero-order valence-corrected chi connectivity index (χ0v) is 13.7. The fraction of sp³-hybridized carbons (Fsp3) is 0.200. The van der Waals surface area contributed by atoms with E-state index in [1.807, 2.05) is 18.2 Å². The van der Waals surface area contributed by atoms with E-state index in [1.165, 1.54) is 26.0 Å². The highest BCUT2D eigenvalue weighted by molar-refractivity contribution is 7.99. The highest BCUT2D eigenvalue weighted by atomic mass is 35.5. The molecule has 116 valence electrons. The smallest absolute Gasteiger partial charge is 0.234 e. The topological polar surface area (TPSA) is 60.5 Å². The van der Waals surface area contributed by atoms with Gasteiger partial charge in [0.15, 0.2) is 0 Å². The Morgan fingerprint density at radius 3 is 2.68 bits per heavy atom. The van der Waals surface area contributed by atoms with Gasteiger partial charge in [-0.15, -0.1) is 0 Å². The van der Waals surface area contributed by atoms with Crippen molar-refractivity contribution >= 4 is 35.0 Å². The normalized spacial score (nSPS) is 10.1. The van der Waals surface area contributed by atoms with Gasteiger partial charge in [-0.1, -0.05) is 29.4 Å². The Morgan fingerprint density at radius 1 is 1.27 bits per heavy atom. The van der Waals surface area contributed by atoms with Gasteiger partial charge >= 0.3 is 0 Å². The molecule has 1 aromatic heterocycles. The highest BCUT2D eigenvalue weighted by Gasteiger charge is 2.13. The minimum Gasteiger partial charge on any atom is -0.495 e. The third-order valence-electron chi connectivity index (χ3n) is 2.74. The maximum atomic E-state index is 12.0. The Bertz CT molecular complexity index is 653. The molecule has 1 amide bonds. The monoisotopic (exact) mass is 338 g/mol. The summed E-state index contributed by atoms with van der Waals surface area (Å²) in [5.41, 5.74) is 0.510. The van der Waals surface area contributed by atoms with Crippen molar-refractivity contribution in [1.82, 2.24) is 4.98 Å². The summed E-state index contributed by atoms with van der Waals surface area (Å²) < 4.78 is 10.4. The Kier molecular flexibility index (Phi) is 5.91. The van der Waals surface area contributed by atoms with Gasteiger partial charge in [-0.25, -0.2) is 4.98 Å². The first-order valence-corrected chi connectivity index (χ1v) is 7.75. The van der Waals surface area contributed by atoms with Crippen LogP contribution in [0.2, 0.25) is 5.02 Å². The van der Waals surface area contributed by atoms with E-state index in [-0.39, 0.29) is 11.7 Å². The molecule has 22 heavy (non-hydrogen) atoms. The van der Waals surface area contributed by atoms with E-state index in [9.17, 15) is 4.79 Å². The summed E-state index contributed by atoms with van der Waals surface area (Å²) in [5.74, 6) is 1.01. The lowest BCUT2D eigenvalue weighted by Gasteiger charge is -2.13. The van der Waals surface area contributed by atoms with E-state index >= 15 is 0 Å². The van der Waals surface area contributed by atoms with Crippen LogP contribution in [0.3, 0.4) is 0 Å². The number of nitrogens with zero attached hydrogens (tertiary/aromatic N) is 1. The molecule has 2 rings (SSSR count). The van der Waals surface area contributed by atoms with Gasteiger partial charge in [0.2, 0.25) is 5.91 Å². The molecule has 1 N–H and O–H groups in total. The van der Waals surface area contributed by atoms with Gasteiger partial charge in [0.1, 0.15) is 11.5 Å². The van der Waals surface area contributed by atoms with Gasteiger partial charge in [0.05, 0.1) is 35.7 Å². The van der Waals surface area contributed by atoms with Gasteiger partial charge in [-0.3, -0.25) is 4.79 Å². The number of rotatable bonds is 6. The molecular formula is C15H15ClN2O3S. The van der Waals surface area contributed by atoms with Crippen LogP contribution < -0.4 is 14.8 Å². The molecule has 0 aliphatic rings. The summed E-state index contributed by atoms with van der Waals surface area (Å²) in [6, 6.07) is 8.78. The molecule has 0 fully saturated rings. The van der Waals surface area contributed by atoms with Gasteiger partial charge in [-0.05, 0) is 12.1 Å². The van der Waals surface area contributed by atoms with Crippen LogP contribution in [0, 0.1) is 0 Å². The number of hydrogen-bond acceptors (Lipinski definition) is 5. The number of halogens is 1. The standard InChI is InChI=1S/C15H15ClN2O3S/c1-20-12-8-11(13(21-2)7-10(12)16)18-14(19)9-22-15-5-3-4-6-17-15/h3-8H,9H2,1-2H3,(H,18,19). The number of pyridine rings is 1. The average molecular weight is 339 g/mol. The molecule has 1 aromatic carbocycles. The van der Waals surface area contributed by atoms with Crippen LogP contribution in [-0.4, -0.2) is 30.9 Å². The Balaban J connectivity index is 2.04. The van der Waals surface area contributed by atoms with Gasteiger partial charge in [-0.2, -0.15) is 0 Å². The largest absolute Gasteiger partial charge is 0.495 e. The van der Waals surface area contributed by atoms with E-state index in [2.05, 4.69) is 10.3 Å². The number of carbonyl (C=O) groups is 1. The molecule has 0 radical (unpaired) electrons. The molecule has 0 saturated heterocycles. The second-order valence-corrected chi connectivity index (χ2v) is 5.59. The van der Waals surface area contributed by atoms with Crippen LogP contribution in [0.15, 0.2) is 41.6 Å². The summed E-state index contributed by atoms with van der Waals surface area (Å²) in [6.45, 7) is 0. The summed E-state index contributed by atoms with van der Waals surface area (Å²) in [6.07, 6.45) is 1.69. The lowest BCUT2D eigenvalue weighted by molar-refractivity contribution is -0.113. The minimum absolute atomic E-state index is 0.168. The number of aromatic nitrogens is 1. The van der Waals surface area contributed by atoms with Crippen molar-refractivity contribution in [3.8, 4) is 11.5 Å². The van der Waals surface area contributed by atoms with E-state index in [4.69, 9.17) is 21.1 Å². The fourth-order valence-electron chi connectivity index (χ4n) is 1.72. The molecule has 0 aliphatic carbocycles. The van der Waals surface area contributed by atoms with Crippen LogP contribution in [0.5, 0.6) is 11.5 Å². The average Bonchev–Trinajstić information content (AvgIpc) is 2.55. The zero-order chi connectivity index (χ0) is 15.9. The molecule has 0 aliphatic heterocycles. The number of thioether (sulfide) groups is 1. The van der Waals surface area contributed by atoms with Crippen molar-refractivity contribution < 1.29 is 14.3 Å². The number of ether oxygens (including phenoxy) is 2. The summed E-state index contributed by atoms with van der Waals surface area (Å²) in [5, 5.41) is 3.99. The van der Waals surface area contributed by atoms with Gasteiger partial charge < -0.3 is 14.8 Å². The number of methoxy groups -OCH3 is 2. The summed E-state index contributed by atoms with van der Waals surface area (Å²) in [7, 11) is 3.02. The van der Waals surface area contributed by atoms with E-state index in [0.717, 1.165) is 5.03 Å². The first-order valence-electron chi connectivity index (χ1n) is 6.39. The molecule has 0 bridgehead atoms. The molecule has 7 heteroatoms. The maximum Gasteiger partial charge on any atom is 0.234 e. The third-order valence-corrected chi connectivity index (χ3v) is 3.98. The highest BCUT2D eigenvalue weighted by Crippen LogP contribution is 2.35. The SMILES string of the molecule is COc1cc(NC(=O)CSc2ccccn2)c(OC)cc1Cl. The lowest BCUT2D eigenvalue weighted by Crippen LogP contribution is -2.15. The Hall–Kier alpha value is -1.92. The van der Waals surface area contributed by atoms with Crippen molar-refractivity contribution in [2.75, 3.05) is 25.3 Å². The van der Waals surface area contributed by atoms with Crippen LogP contribution in [0.1, 0.15) is 0 Å². The molecular weight excluding hydrogens is 324 g/mol. The van der Waals surface area contributed by atoms with Gasteiger partial charge in [0.25, 0.3) is 0 Å². The third kappa shape index (κ3) is 4.29. The Labute approximate surface area is 138 Å². The molecule has 0 saturated carbocycles. The van der Waals surface area contributed by atoms with Gasteiger partial charge in [0, 0.05) is 18.3 Å². The Morgan fingerprint density at radius 2 is 2.05 bits per heavy atom. The maximum absolute atomic E-state index is 12.0. The minimum atomic E-state index is -0.168. The number of anilines is 1. The number of nitrogens with one attached hydrogen (secondary N) is 1. The molecule has 5 nitrogen and oxygen atoms in total. The fourth-order valence-corrected chi connectivity index (χ4v) is 2.61. The summed E-state index contributed by atoms with van der Waals surface area (Å²) >= 11 is 7.38. The second-order valence-electron chi connectivity index (χ2n) is 4.19. The number of benzene rings is 1. The zero-order valence-electron chi connectivity index (χ0n) is 12.1. The van der Waals surface area contributed by atoms with Crippen molar-refractivity contribution in [3.63, 3.8) is 0 Å². The molecule has 0 atom stereocenters. The molecule has 0 spiro atoms. The lowest BCUT2D eigenvalue weighted by atomic mass is 10.2. The van der Waals surface area contributed by atoms with E-state index < -0.39 is 0 Å². The predicted molar refractivity (Wildman–Crippen MR) is 88.1 cm³/mol. The number of hydrogen-bond donors (Lipinski definition) is 1. The van der Waals surface area contributed by atoms with E-state index in [0.29, 0.717) is 22.2 Å². The first kappa shape index (κ1) is 16.5. The van der Waals surface area contributed by atoms with Crippen molar-refractivity contribution in [2.24, 2.45) is 0 Å². The summed E-state index contributed by atoms with van der Waals surface area (Å²) in [4.78, 5) is 16.2. The second kappa shape index (κ2) is 7.91. The molecule has 2 aromatic rings. The molecule has 1 heterocycles. The van der Waals surface area contributed by atoms with Crippen molar-refractivity contribution in [3.05, 3.63) is 41.6 Å². The predicted octanol–water partition coefficient (Wildman–Crippen LogP) is 3.48. The van der Waals surface area contributed by atoms with Crippen LogP contribution in [0.25, 0.3) is 0 Å². The van der Waals surface area contributed by atoms with E-state index in [1.54, 1.807) is 18.3 Å². The van der Waals surface area contributed by atoms with Crippen LogP contribution in [-0.2, 0) is 4.79 Å². The number of carbonyl (C=O) groups excluding carboxylic acids is 1.